The molecule has 0 bridgehead atoms. The van der Waals surface area contributed by atoms with Crippen molar-refractivity contribution >= 4 is 17.9 Å². The van der Waals surface area contributed by atoms with Crippen LogP contribution in [0, 0.1) is 6.92 Å². The number of aryl methyl sites for hydroxylation is 1. The van der Waals surface area contributed by atoms with Gasteiger partial charge in [-0.25, -0.2) is 9.79 Å². The molecule has 3 rings (SSSR count). The number of aliphatic imine (C=N–C) groups is 1. The lowest BCUT2D eigenvalue weighted by Gasteiger charge is -2.35. The zero-order valence-electron chi connectivity index (χ0n) is 13.7. The van der Waals surface area contributed by atoms with Crippen LogP contribution in [-0.2, 0) is 11.3 Å². The summed E-state index contributed by atoms with van der Waals surface area (Å²) in [6.07, 6.45) is -0.491. The molecule has 1 aromatic rings. The van der Waals surface area contributed by atoms with Crippen LogP contribution in [0.1, 0.15) is 11.1 Å². The van der Waals surface area contributed by atoms with Crippen LogP contribution in [0.4, 0.5) is 4.79 Å². The lowest BCUT2D eigenvalue weighted by molar-refractivity contribution is -0.127. The zero-order chi connectivity index (χ0) is 17.3. The topological polar surface area (TPSA) is 97.3 Å². The summed E-state index contributed by atoms with van der Waals surface area (Å²) in [5, 5.41) is 14.8. The van der Waals surface area contributed by atoms with E-state index in [1.54, 1.807) is 11.9 Å². The molecular weight excluding hydrogens is 310 g/mol. The number of fused-ring (bicyclic) bond motifs is 1. The number of rotatable bonds is 4. The number of aliphatic hydroxyl groups is 1. The van der Waals surface area contributed by atoms with Crippen molar-refractivity contribution in [2.75, 3.05) is 20.2 Å². The lowest BCUT2D eigenvalue weighted by Crippen LogP contribution is -2.65. The maximum absolute atomic E-state index is 12.2. The number of carbonyl (C=O) groups is 2. The molecule has 2 aliphatic rings. The average molecular weight is 331 g/mol. The predicted molar refractivity (Wildman–Crippen MR) is 88.1 cm³/mol. The van der Waals surface area contributed by atoms with Crippen LogP contribution in [0.25, 0.3) is 0 Å². The molecule has 0 saturated carbocycles. The highest BCUT2D eigenvalue weighted by molar-refractivity contribution is 6.04. The van der Waals surface area contributed by atoms with E-state index in [2.05, 4.69) is 15.6 Å². The smallest absolute Gasteiger partial charge is 0.325 e. The van der Waals surface area contributed by atoms with Crippen LogP contribution in [0.15, 0.2) is 29.3 Å². The molecule has 3 N–H and O–H groups in total. The molecule has 2 unspecified atom stereocenters. The maximum Gasteiger partial charge on any atom is 0.325 e. The highest BCUT2D eigenvalue weighted by Crippen LogP contribution is 2.20. The third kappa shape index (κ3) is 2.92. The molecule has 2 aliphatic heterocycles. The first-order valence-electron chi connectivity index (χ1n) is 7.83. The van der Waals surface area contributed by atoms with Crippen molar-refractivity contribution in [3.05, 3.63) is 35.4 Å². The number of urea groups is 1. The molecule has 2 fully saturated rings. The van der Waals surface area contributed by atoms with Crippen LogP contribution in [0.2, 0.25) is 0 Å². The van der Waals surface area contributed by atoms with Crippen LogP contribution >= 0.6 is 0 Å². The minimum Gasteiger partial charge on any atom is -0.395 e. The van der Waals surface area contributed by atoms with Gasteiger partial charge in [0.05, 0.1) is 13.2 Å². The van der Waals surface area contributed by atoms with Crippen LogP contribution in [0.3, 0.4) is 0 Å². The summed E-state index contributed by atoms with van der Waals surface area (Å²) < 4.78 is 0. The van der Waals surface area contributed by atoms with Crippen molar-refractivity contribution in [3.63, 3.8) is 0 Å². The van der Waals surface area contributed by atoms with Gasteiger partial charge in [-0.3, -0.25) is 10.1 Å². The molecule has 128 valence electrons. The van der Waals surface area contributed by atoms with Gasteiger partial charge in [0.15, 0.2) is 12.0 Å². The van der Waals surface area contributed by atoms with Gasteiger partial charge in [0.2, 0.25) is 0 Å². The van der Waals surface area contributed by atoms with Gasteiger partial charge in [-0.05, 0) is 12.5 Å². The number of benzene rings is 1. The maximum atomic E-state index is 12.2. The Kier molecular flexibility index (Phi) is 4.39. The Morgan fingerprint density at radius 3 is 2.62 bits per heavy atom. The molecule has 8 heteroatoms. The van der Waals surface area contributed by atoms with Crippen LogP contribution < -0.4 is 10.6 Å². The second-order valence-corrected chi connectivity index (χ2v) is 5.98. The molecule has 1 aromatic carbocycles. The Balaban J connectivity index is 1.83. The normalized spacial score (nSPS) is 24.9. The average Bonchev–Trinajstić information content (AvgIpc) is 2.92. The fraction of sp³-hybridized carbons (Fsp3) is 0.438. The van der Waals surface area contributed by atoms with Crippen LogP contribution in [-0.4, -0.2) is 65.2 Å². The van der Waals surface area contributed by atoms with E-state index in [-0.39, 0.29) is 19.1 Å². The highest BCUT2D eigenvalue weighted by atomic mass is 16.3. The summed E-state index contributed by atoms with van der Waals surface area (Å²) in [5.41, 5.74) is 2.22. The molecule has 2 heterocycles. The SMILES string of the molecule is Cc1ccc(CN=C2NC3C(C(=O)NC(=O)N3C)N2CCO)cc1. The van der Waals surface area contributed by atoms with E-state index >= 15 is 0 Å². The van der Waals surface area contributed by atoms with Crippen molar-refractivity contribution in [2.45, 2.75) is 25.7 Å². The van der Waals surface area contributed by atoms with E-state index in [0.29, 0.717) is 12.5 Å². The van der Waals surface area contributed by atoms with Crippen LogP contribution in [0.5, 0.6) is 0 Å². The third-order valence-corrected chi connectivity index (χ3v) is 4.29. The summed E-state index contributed by atoms with van der Waals surface area (Å²) in [6, 6.07) is 6.99. The standard InChI is InChI=1S/C16H21N5O3/c1-10-3-5-11(6-4-10)9-17-15-18-13-12(21(15)7-8-22)14(23)19-16(24)20(13)2/h3-6,12-13,22H,7-9H2,1-2H3,(H,17,18)(H,19,23,24). The number of amides is 3. The summed E-state index contributed by atoms with van der Waals surface area (Å²) >= 11 is 0. The largest absolute Gasteiger partial charge is 0.395 e. The Hall–Kier alpha value is -2.61. The fourth-order valence-electron chi connectivity index (χ4n) is 2.93. The summed E-state index contributed by atoms with van der Waals surface area (Å²) in [6.45, 7) is 2.62. The Morgan fingerprint density at radius 1 is 1.25 bits per heavy atom. The van der Waals surface area contributed by atoms with E-state index in [1.807, 2.05) is 31.2 Å². The van der Waals surface area contributed by atoms with Crippen molar-refractivity contribution in [1.82, 2.24) is 20.4 Å². The molecule has 0 radical (unpaired) electrons. The number of imide groups is 1. The molecule has 8 nitrogen and oxygen atoms in total. The minimum absolute atomic E-state index is 0.112. The Labute approximate surface area is 140 Å². The number of hydrogen-bond acceptors (Lipinski definition) is 4. The van der Waals surface area contributed by atoms with Gasteiger partial charge in [-0.2, -0.15) is 0 Å². The molecular formula is C16H21N5O3. The second kappa shape index (κ2) is 6.48. The van der Waals surface area contributed by atoms with Crippen molar-refractivity contribution in [3.8, 4) is 0 Å². The number of hydrogen-bond donors (Lipinski definition) is 3. The lowest BCUT2D eigenvalue weighted by atomic mass is 10.1. The van der Waals surface area contributed by atoms with Gasteiger partial charge in [0.25, 0.3) is 5.91 Å². The van der Waals surface area contributed by atoms with Crippen molar-refractivity contribution < 1.29 is 14.7 Å². The predicted octanol–water partition coefficient (Wildman–Crippen LogP) is -0.375. The molecule has 24 heavy (non-hydrogen) atoms. The molecule has 3 amide bonds. The number of carbonyl (C=O) groups excluding carboxylic acids is 2. The minimum atomic E-state index is -0.600. The van der Waals surface area contributed by atoms with Gasteiger partial charge in [-0.15, -0.1) is 0 Å². The first-order valence-corrected chi connectivity index (χ1v) is 7.83. The number of nitrogens with one attached hydrogen (secondary N) is 2. The van der Waals surface area contributed by atoms with Gasteiger partial charge >= 0.3 is 6.03 Å². The summed E-state index contributed by atoms with van der Waals surface area (Å²) in [5.74, 6) is 0.126. The van der Waals surface area contributed by atoms with Crippen molar-refractivity contribution in [1.29, 1.82) is 0 Å². The first kappa shape index (κ1) is 16.3. The number of β-amino-alcohol motifs (C(OH)–C–C–N with tert-alkyl or cyclic N) is 1. The van der Waals surface area contributed by atoms with E-state index in [4.69, 9.17) is 0 Å². The van der Waals surface area contributed by atoms with Gasteiger partial charge in [-0.1, -0.05) is 29.8 Å². The molecule has 2 atom stereocenters. The monoisotopic (exact) mass is 331 g/mol. The van der Waals surface area contributed by atoms with Gasteiger partial charge < -0.3 is 20.2 Å². The quantitative estimate of drug-likeness (QED) is 0.699. The third-order valence-electron chi connectivity index (χ3n) is 4.29. The van der Waals surface area contributed by atoms with Gasteiger partial charge in [0.1, 0.15) is 6.17 Å². The zero-order valence-corrected chi connectivity index (χ0v) is 13.7. The molecule has 0 aromatic heterocycles. The van der Waals surface area contributed by atoms with Gasteiger partial charge in [0, 0.05) is 13.6 Å². The van der Waals surface area contributed by atoms with E-state index in [0.717, 1.165) is 5.56 Å². The van der Waals surface area contributed by atoms with E-state index in [1.165, 1.54) is 10.5 Å². The first-order chi connectivity index (χ1) is 11.5. The van der Waals surface area contributed by atoms with Crippen molar-refractivity contribution in [2.24, 2.45) is 4.99 Å². The summed E-state index contributed by atoms with van der Waals surface area (Å²) in [7, 11) is 1.62. The number of guanidine groups is 1. The Bertz CT molecular complexity index is 673. The molecule has 0 aliphatic carbocycles. The molecule has 0 spiro atoms. The van der Waals surface area contributed by atoms with E-state index in [9.17, 15) is 14.7 Å². The second-order valence-electron chi connectivity index (χ2n) is 5.98. The number of nitrogens with zero attached hydrogens (tertiary/aromatic N) is 3. The van der Waals surface area contributed by atoms with E-state index < -0.39 is 18.2 Å². The fourth-order valence-corrected chi connectivity index (χ4v) is 2.93. The highest BCUT2D eigenvalue weighted by Gasteiger charge is 2.49. The summed E-state index contributed by atoms with van der Waals surface area (Å²) in [4.78, 5) is 31.7. The molecule has 2 saturated heterocycles. The number of aliphatic hydroxyl groups excluding tert-OH is 1. The Morgan fingerprint density at radius 2 is 1.96 bits per heavy atom. The number of likely N-dealkylation sites (N-methyl/N-ethyl adjacent to an activating group) is 1.